The molecule has 5 heterocycles. The van der Waals surface area contributed by atoms with Crippen molar-refractivity contribution in [3.8, 4) is 0 Å². The predicted molar refractivity (Wildman–Crippen MR) is 121 cm³/mol. The third kappa shape index (κ3) is 3.97. The average Bonchev–Trinajstić information content (AvgIpc) is 3.19. The van der Waals surface area contributed by atoms with E-state index in [1.165, 1.54) is 12.3 Å². The first-order valence-electron chi connectivity index (χ1n) is 10.8. The van der Waals surface area contributed by atoms with Gasteiger partial charge in [0.1, 0.15) is 11.2 Å². The van der Waals surface area contributed by atoms with Gasteiger partial charge in [0.25, 0.3) is 11.1 Å². The van der Waals surface area contributed by atoms with Crippen LogP contribution in [0.2, 0.25) is 5.02 Å². The Bertz CT molecular complexity index is 1260. The maximum Gasteiger partial charge on any atom is 0.270 e. The van der Waals surface area contributed by atoms with Gasteiger partial charge in [0.15, 0.2) is 0 Å². The Hall–Kier alpha value is -2.59. The molecule has 0 aromatic carbocycles. The standard InChI is InChI=1S/C22H25ClN6O3/c23-17-7-14(9-25-19(17)13-30)8-24-15-3-5-27(6-4-15)11-16-12-28-20(31)2-1-18-22(28)29(16)21(32)10-26-18/h1-2,7,9-10,15-16,24,30H,3-6,8,11-13H2/t16-/m1/s1. The lowest BCUT2D eigenvalue weighted by atomic mass is 10.0. The molecule has 32 heavy (non-hydrogen) atoms. The van der Waals surface area contributed by atoms with Crippen molar-refractivity contribution in [2.24, 2.45) is 0 Å². The number of hydrogen-bond acceptors (Lipinski definition) is 7. The maximum absolute atomic E-state index is 12.5. The van der Waals surface area contributed by atoms with Crippen molar-refractivity contribution >= 4 is 22.8 Å². The molecule has 0 aliphatic carbocycles. The van der Waals surface area contributed by atoms with Gasteiger partial charge in [-0.25, -0.2) is 4.98 Å². The van der Waals surface area contributed by atoms with Gasteiger partial charge in [-0.05, 0) is 43.6 Å². The van der Waals surface area contributed by atoms with Crippen LogP contribution in [0.4, 0.5) is 0 Å². The lowest BCUT2D eigenvalue weighted by molar-refractivity contribution is 0.171. The molecule has 0 saturated carbocycles. The number of hydrogen-bond donors (Lipinski definition) is 2. The smallest absolute Gasteiger partial charge is 0.270 e. The summed E-state index contributed by atoms with van der Waals surface area (Å²) in [4.78, 5) is 35.6. The fourth-order valence-corrected chi connectivity index (χ4v) is 5.01. The van der Waals surface area contributed by atoms with Crippen LogP contribution in [0.25, 0.3) is 11.2 Å². The van der Waals surface area contributed by atoms with Gasteiger partial charge in [0.2, 0.25) is 0 Å². The minimum absolute atomic E-state index is 0.0640. The Morgan fingerprint density at radius 3 is 2.69 bits per heavy atom. The normalized spacial score (nSPS) is 19.1. The Labute approximate surface area is 189 Å². The number of pyridine rings is 2. The Morgan fingerprint density at radius 2 is 1.94 bits per heavy atom. The van der Waals surface area contributed by atoms with Crippen molar-refractivity contribution in [3.05, 3.63) is 67.6 Å². The SMILES string of the molecule is O=c1ccc2ncc(=O)n3c2n1C[C@H]3CN1CCC(NCc2cnc(CO)c(Cl)c2)CC1. The fourth-order valence-electron chi connectivity index (χ4n) is 4.76. The van der Waals surface area contributed by atoms with Gasteiger partial charge in [-0.15, -0.1) is 0 Å². The highest BCUT2D eigenvalue weighted by atomic mass is 35.5. The van der Waals surface area contributed by atoms with Crippen LogP contribution in [0, 0.1) is 0 Å². The second kappa shape index (κ2) is 8.74. The van der Waals surface area contributed by atoms with Crippen molar-refractivity contribution in [2.75, 3.05) is 19.6 Å². The molecule has 5 rings (SSSR count). The summed E-state index contributed by atoms with van der Waals surface area (Å²) in [6.45, 7) is 3.59. The van der Waals surface area contributed by atoms with Gasteiger partial charge in [-0.2, -0.15) is 0 Å². The first-order chi connectivity index (χ1) is 15.5. The van der Waals surface area contributed by atoms with E-state index in [2.05, 4.69) is 20.2 Å². The first-order valence-corrected chi connectivity index (χ1v) is 11.2. The highest BCUT2D eigenvalue weighted by Crippen LogP contribution is 2.24. The second-order valence-electron chi connectivity index (χ2n) is 8.50. The van der Waals surface area contributed by atoms with Crippen molar-refractivity contribution in [3.63, 3.8) is 0 Å². The Kier molecular flexibility index (Phi) is 5.81. The lowest BCUT2D eigenvalue weighted by Gasteiger charge is -2.34. The van der Waals surface area contributed by atoms with Crippen LogP contribution in [0.5, 0.6) is 0 Å². The van der Waals surface area contributed by atoms with Crippen molar-refractivity contribution in [1.29, 1.82) is 0 Å². The molecule has 0 amide bonds. The van der Waals surface area contributed by atoms with Crippen LogP contribution in [-0.2, 0) is 19.7 Å². The monoisotopic (exact) mass is 456 g/mol. The van der Waals surface area contributed by atoms with E-state index in [-0.39, 0.29) is 23.8 Å². The minimum atomic E-state index is -0.164. The zero-order valence-electron chi connectivity index (χ0n) is 17.6. The molecule has 10 heteroatoms. The van der Waals surface area contributed by atoms with Gasteiger partial charge in [-0.1, -0.05) is 11.6 Å². The molecule has 1 fully saturated rings. The van der Waals surface area contributed by atoms with E-state index in [0.717, 1.165) is 38.0 Å². The molecular weight excluding hydrogens is 432 g/mol. The van der Waals surface area contributed by atoms with E-state index < -0.39 is 0 Å². The molecule has 1 atom stereocenters. The van der Waals surface area contributed by atoms with Crippen LogP contribution in [0.15, 0.2) is 40.2 Å². The number of nitrogens with zero attached hydrogens (tertiary/aromatic N) is 5. The number of halogens is 1. The second-order valence-corrected chi connectivity index (χ2v) is 8.90. The van der Waals surface area contributed by atoms with Crippen LogP contribution >= 0.6 is 11.6 Å². The van der Waals surface area contributed by atoms with Crippen LogP contribution in [-0.4, -0.2) is 54.8 Å². The molecule has 0 spiro atoms. The average molecular weight is 457 g/mol. The van der Waals surface area contributed by atoms with E-state index in [1.807, 2.05) is 6.07 Å². The Morgan fingerprint density at radius 1 is 1.12 bits per heavy atom. The summed E-state index contributed by atoms with van der Waals surface area (Å²) >= 11 is 6.13. The molecule has 3 aromatic heterocycles. The van der Waals surface area contributed by atoms with Crippen LogP contribution < -0.4 is 16.4 Å². The highest BCUT2D eigenvalue weighted by molar-refractivity contribution is 6.31. The van der Waals surface area contributed by atoms with Crippen LogP contribution in [0.1, 0.15) is 30.1 Å². The first kappa shape index (κ1) is 21.3. The van der Waals surface area contributed by atoms with Crippen molar-refractivity contribution in [1.82, 2.24) is 29.3 Å². The summed E-state index contributed by atoms with van der Waals surface area (Å²) < 4.78 is 3.41. The quantitative estimate of drug-likeness (QED) is 0.568. The van der Waals surface area contributed by atoms with Crippen molar-refractivity contribution in [2.45, 2.75) is 44.6 Å². The molecule has 0 unspecified atom stereocenters. The number of aromatic nitrogens is 4. The number of aliphatic hydroxyl groups excluding tert-OH is 1. The minimum Gasteiger partial charge on any atom is -0.390 e. The zero-order chi connectivity index (χ0) is 22.2. The molecule has 2 aliphatic heterocycles. The number of nitrogens with one attached hydrogen (secondary N) is 1. The molecule has 2 N–H and O–H groups in total. The largest absolute Gasteiger partial charge is 0.390 e. The third-order valence-electron chi connectivity index (χ3n) is 6.45. The molecule has 9 nitrogen and oxygen atoms in total. The Balaban J connectivity index is 1.19. The number of piperidine rings is 1. The van der Waals surface area contributed by atoms with E-state index >= 15 is 0 Å². The summed E-state index contributed by atoms with van der Waals surface area (Å²) in [6.07, 6.45) is 5.08. The molecule has 1 saturated heterocycles. The molecular formula is C22H25ClN6O3. The summed E-state index contributed by atoms with van der Waals surface area (Å²) in [6, 6.07) is 5.37. The summed E-state index contributed by atoms with van der Waals surface area (Å²) in [7, 11) is 0. The summed E-state index contributed by atoms with van der Waals surface area (Å²) in [5.41, 5.74) is 2.54. The van der Waals surface area contributed by atoms with Gasteiger partial charge in [-0.3, -0.25) is 23.7 Å². The number of aliphatic hydroxyl groups is 1. The van der Waals surface area contributed by atoms with Crippen molar-refractivity contribution < 1.29 is 5.11 Å². The van der Waals surface area contributed by atoms with E-state index in [9.17, 15) is 14.7 Å². The number of rotatable bonds is 6. The van der Waals surface area contributed by atoms with Gasteiger partial charge in [0, 0.05) is 37.9 Å². The van der Waals surface area contributed by atoms with E-state index in [1.54, 1.807) is 21.4 Å². The summed E-state index contributed by atoms with van der Waals surface area (Å²) in [5.74, 6) is 0. The molecule has 0 radical (unpaired) electrons. The van der Waals surface area contributed by atoms with Crippen LogP contribution in [0.3, 0.4) is 0 Å². The topological polar surface area (TPSA) is 105 Å². The molecule has 3 aromatic rings. The molecule has 0 bridgehead atoms. The number of likely N-dealkylation sites (tertiary alicyclic amines) is 1. The zero-order valence-corrected chi connectivity index (χ0v) is 18.3. The van der Waals surface area contributed by atoms with E-state index in [4.69, 9.17) is 11.6 Å². The maximum atomic E-state index is 12.5. The molecule has 168 valence electrons. The fraction of sp³-hybridized carbons (Fsp3) is 0.455. The van der Waals surface area contributed by atoms with Gasteiger partial charge < -0.3 is 15.3 Å². The molecule has 2 aliphatic rings. The van der Waals surface area contributed by atoms with Gasteiger partial charge >= 0.3 is 0 Å². The summed E-state index contributed by atoms with van der Waals surface area (Å²) in [5, 5.41) is 13.2. The van der Waals surface area contributed by atoms with E-state index in [0.29, 0.717) is 41.0 Å². The van der Waals surface area contributed by atoms with Gasteiger partial charge in [0.05, 0.1) is 29.6 Å². The predicted octanol–water partition coefficient (Wildman–Crippen LogP) is 0.908. The highest BCUT2D eigenvalue weighted by Gasteiger charge is 2.29. The lowest BCUT2D eigenvalue weighted by Crippen LogP contribution is -2.44. The third-order valence-corrected chi connectivity index (χ3v) is 6.78.